The summed E-state index contributed by atoms with van der Waals surface area (Å²) < 4.78 is 5.22. The fourth-order valence-corrected chi connectivity index (χ4v) is 2.65. The third kappa shape index (κ3) is 3.17. The molecule has 3 aromatic rings. The van der Waals surface area contributed by atoms with Gasteiger partial charge in [-0.25, -0.2) is 4.98 Å². The molecule has 2 heterocycles. The van der Waals surface area contributed by atoms with Gasteiger partial charge in [0.15, 0.2) is 0 Å². The standard InChI is InChI=1S/C17H20N4O2/c1-4-21(9-14-11(2)20-23-12(14)3)10-16-18-15-8-6-5-7-13(15)17(22)19-16/h5-8H,4,9-10H2,1-3H3,(H,18,19,22). The highest BCUT2D eigenvalue weighted by molar-refractivity contribution is 5.77. The van der Waals surface area contributed by atoms with Gasteiger partial charge in [-0.2, -0.15) is 0 Å². The van der Waals surface area contributed by atoms with Crippen molar-refractivity contribution in [1.82, 2.24) is 20.0 Å². The van der Waals surface area contributed by atoms with Crippen LogP contribution in [0.25, 0.3) is 10.9 Å². The molecule has 0 fully saturated rings. The smallest absolute Gasteiger partial charge is 0.258 e. The predicted molar refractivity (Wildman–Crippen MR) is 88.1 cm³/mol. The number of fused-ring (bicyclic) bond motifs is 1. The van der Waals surface area contributed by atoms with Crippen LogP contribution >= 0.6 is 0 Å². The largest absolute Gasteiger partial charge is 0.361 e. The van der Waals surface area contributed by atoms with Gasteiger partial charge in [-0.05, 0) is 32.5 Å². The Kier molecular flexibility index (Phi) is 4.25. The number of nitrogens with one attached hydrogen (secondary N) is 1. The molecule has 0 amide bonds. The second kappa shape index (κ2) is 6.34. The van der Waals surface area contributed by atoms with Gasteiger partial charge in [-0.1, -0.05) is 24.2 Å². The molecule has 0 aliphatic heterocycles. The van der Waals surface area contributed by atoms with Crippen LogP contribution in [-0.4, -0.2) is 26.6 Å². The zero-order chi connectivity index (χ0) is 16.4. The maximum atomic E-state index is 12.2. The topological polar surface area (TPSA) is 75.0 Å². The fraction of sp³-hybridized carbons (Fsp3) is 0.353. The van der Waals surface area contributed by atoms with Gasteiger partial charge in [0.05, 0.1) is 23.1 Å². The van der Waals surface area contributed by atoms with Gasteiger partial charge in [-0.15, -0.1) is 0 Å². The third-order valence-corrected chi connectivity index (χ3v) is 4.05. The quantitative estimate of drug-likeness (QED) is 0.783. The summed E-state index contributed by atoms with van der Waals surface area (Å²) in [5.74, 6) is 1.50. The number of aromatic nitrogens is 3. The lowest BCUT2D eigenvalue weighted by Gasteiger charge is -2.19. The number of benzene rings is 1. The minimum Gasteiger partial charge on any atom is -0.361 e. The third-order valence-electron chi connectivity index (χ3n) is 4.05. The molecule has 1 aromatic carbocycles. The van der Waals surface area contributed by atoms with Gasteiger partial charge in [0, 0.05) is 12.1 Å². The molecule has 0 unspecified atom stereocenters. The summed E-state index contributed by atoms with van der Waals surface area (Å²) in [5, 5.41) is 4.61. The lowest BCUT2D eigenvalue weighted by atomic mass is 10.2. The normalized spacial score (nSPS) is 11.5. The number of rotatable bonds is 5. The molecule has 0 bridgehead atoms. The van der Waals surface area contributed by atoms with E-state index in [4.69, 9.17) is 4.52 Å². The van der Waals surface area contributed by atoms with E-state index in [2.05, 4.69) is 26.9 Å². The summed E-state index contributed by atoms with van der Waals surface area (Å²) in [6, 6.07) is 7.37. The van der Waals surface area contributed by atoms with E-state index in [0.717, 1.165) is 29.1 Å². The maximum Gasteiger partial charge on any atom is 0.258 e. The Balaban J connectivity index is 1.86. The van der Waals surface area contributed by atoms with Crippen LogP contribution in [0.1, 0.15) is 29.8 Å². The van der Waals surface area contributed by atoms with Gasteiger partial charge < -0.3 is 9.51 Å². The van der Waals surface area contributed by atoms with Crippen molar-refractivity contribution in [3.8, 4) is 0 Å². The van der Waals surface area contributed by atoms with Crippen LogP contribution in [0.3, 0.4) is 0 Å². The van der Waals surface area contributed by atoms with Crippen molar-refractivity contribution in [1.29, 1.82) is 0 Å². The highest BCUT2D eigenvalue weighted by Crippen LogP contribution is 2.16. The molecule has 0 atom stereocenters. The molecule has 2 aromatic heterocycles. The molecule has 1 N–H and O–H groups in total. The Morgan fingerprint density at radius 2 is 2.00 bits per heavy atom. The maximum absolute atomic E-state index is 12.2. The Bertz CT molecular complexity index is 862. The number of para-hydroxylation sites is 1. The molecule has 120 valence electrons. The zero-order valence-corrected chi connectivity index (χ0v) is 13.6. The molecule has 0 radical (unpaired) electrons. The minimum atomic E-state index is -0.0982. The van der Waals surface area contributed by atoms with E-state index in [1.807, 2.05) is 32.0 Å². The van der Waals surface area contributed by atoms with Crippen LogP contribution in [0.15, 0.2) is 33.6 Å². The summed E-state index contributed by atoms with van der Waals surface area (Å²) in [6.45, 7) is 8.06. The molecule has 0 aliphatic rings. The molecule has 0 saturated heterocycles. The van der Waals surface area contributed by atoms with Crippen molar-refractivity contribution in [2.24, 2.45) is 0 Å². The van der Waals surface area contributed by atoms with Gasteiger partial charge in [-0.3, -0.25) is 9.69 Å². The SMILES string of the molecule is CCN(Cc1nc2ccccc2c(=O)[nH]1)Cc1c(C)noc1C. The summed E-state index contributed by atoms with van der Waals surface area (Å²) in [5.41, 5.74) is 2.62. The van der Waals surface area contributed by atoms with Gasteiger partial charge in [0.25, 0.3) is 5.56 Å². The van der Waals surface area contributed by atoms with Crippen LogP contribution in [0, 0.1) is 13.8 Å². The monoisotopic (exact) mass is 312 g/mol. The van der Waals surface area contributed by atoms with Crippen LogP contribution in [0.5, 0.6) is 0 Å². The number of hydrogen-bond acceptors (Lipinski definition) is 5. The van der Waals surface area contributed by atoms with Crippen LogP contribution in [0.2, 0.25) is 0 Å². The lowest BCUT2D eigenvalue weighted by molar-refractivity contribution is 0.262. The first-order valence-corrected chi connectivity index (χ1v) is 7.70. The average molecular weight is 312 g/mol. The van der Waals surface area contributed by atoms with E-state index >= 15 is 0 Å². The Hall–Kier alpha value is -2.47. The molecule has 6 heteroatoms. The molecule has 3 rings (SSSR count). The first kappa shape index (κ1) is 15.4. The zero-order valence-electron chi connectivity index (χ0n) is 13.6. The highest BCUT2D eigenvalue weighted by Gasteiger charge is 2.14. The molecule has 0 saturated carbocycles. The van der Waals surface area contributed by atoms with E-state index in [1.165, 1.54) is 0 Å². The van der Waals surface area contributed by atoms with Gasteiger partial charge in [0.1, 0.15) is 11.6 Å². The minimum absolute atomic E-state index is 0.0982. The fourth-order valence-electron chi connectivity index (χ4n) is 2.65. The average Bonchev–Trinajstić information content (AvgIpc) is 2.86. The van der Waals surface area contributed by atoms with Crippen molar-refractivity contribution in [3.05, 3.63) is 57.5 Å². The summed E-state index contributed by atoms with van der Waals surface area (Å²) in [6.07, 6.45) is 0. The van der Waals surface area contributed by atoms with E-state index < -0.39 is 0 Å². The van der Waals surface area contributed by atoms with E-state index in [1.54, 1.807) is 6.07 Å². The number of aryl methyl sites for hydroxylation is 2. The number of hydrogen-bond donors (Lipinski definition) is 1. The number of nitrogens with zero attached hydrogens (tertiary/aromatic N) is 3. The van der Waals surface area contributed by atoms with Crippen molar-refractivity contribution in [2.75, 3.05) is 6.54 Å². The second-order valence-corrected chi connectivity index (χ2v) is 5.64. The Morgan fingerprint density at radius 3 is 2.70 bits per heavy atom. The molecule has 6 nitrogen and oxygen atoms in total. The number of H-pyrrole nitrogens is 1. The predicted octanol–water partition coefficient (Wildman–Crippen LogP) is 2.55. The lowest BCUT2D eigenvalue weighted by Crippen LogP contribution is -2.25. The van der Waals surface area contributed by atoms with Gasteiger partial charge in [0.2, 0.25) is 0 Å². The molecule has 0 aliphatic carbocycles. The second-order valence-electron chi connectivity index (χ2n) is 5.64. The molecule has 23 heavy (non-hydrogen) atoms. The van der Waals surface area contributed by atoms with Crippen LogP contribution in [-0.2, 0) is 13.1 Å². The van der Waals surface area contributed by atoms with Crippen molar-refractivity contribution in [3.63, 3.8) is 0 Å². The first-order valence-electron chi connectivity index (χ1n) is 7.70. The summed E-state index contributed by atoms with van der Waals surface area (Å²) >= 11 is 0. The van der Waals surface area contributed by atoms with Crippen molar-refractivity contribution in [2.45, 2.75) is 33.9 Å². The van der Waals surface area contributed by atoms with E-state index in [0.29, 0.717) is 24.3 Å². The highest BCUT2D eigenvalue weighted by atomic mass is 16.5. The van der Waals surface area contributed by atoms with Crippen LogP contribution < -0.4 is 5.56 Å². The first-order chi connectivity index (χ1) is 11.1. The molecule has 0 spiro atoms. The Labute approximate surface area is 134 Å². The van der Waals surface area contributed by atoms with Gasteiger partial charge >= 0.3 is 0 Å². The molecular weight excluding hydrogens is 292 g/mol. The van der Waals surface area contributed by atoms with Crippen molar-refractivity contribution < 1.29 is 4.52 Å². The summed E-state index contributed by atoms with van der Waals surface area (Å²) in [4.78, 5) is 21.8. The molecular formula is C17H20N4O2. The Morgan fingerprint density at radius 1 is 1.22 bits per heavy atom. The van der Waals surface area contributed by atoms with Crippen molar-refractivity contribution >= 4 is 10.9 Å². The summed E-state index contributed by atoms with van der Waals surface area (Å²) in [7, 11) is 0. The number of aromatic amines is 1. The van der Waals surface area contributed by atoms with E-state index in [9.17, 15) is 4.79 Å². The van der Waals surface area contributed by atoms with E-state index in [-0.39, 0.29) is 5.56 Å². The van der Waals surface area contributed by atoms with Crippen LogP contribution in [0.4, 0.5) is 0 Å².